The predicted octanol–water partition coefficient (Wildman–Crippen LogP) is 1.46. The average molecular weight is 259 g/mol. The number of aliphatic carboxylic acids is 1. The fourth-order valence-corrected chi connectivity index (χ4v) is 2.25. The van der Waals surface area contributed by atoms with E-state index in [1.54, 1.807) is 7.05 Å². The van der Waals surface area contributed by atoms with Gasteiger partial charge in [-0.25, -0.2) is 0 Å². The zero-order chi connectivity index (χ0) is 13.0. The molecule has 0 aromatic carbocycles. The molecule has 1 heterocycles. The summed E-state index contributed by atoms with van der Waals surface area (Å²) < 4.78 is 1.37. The highest BCUT2D eigenvalue weighted by molar-refractivity contribution is 8.00. The zero-order valence-corrected chi connectivity index (χ0v) is 10.4. The van der Waals surface area contributed by atoms with E-state index in [2.05, 4.69) is 5.10 Å². The fraction of sp³-hybridized carbons (Fsp3) is 0.556. The number of nitrogens with zero attached hydrogens (tertiary/aromatic N) is 3. The van der Waals surface area contributed by atoms with Crippen LogP contribution in [-0.4, -0.2) is 31.5 Å². The second-order valence-corrected chi connectivity index (χ2v) is 4.38. The predicted molar refractivity (Wildman–Crippen MR) is 62.2 cm³/mol. The van der Waals surface area contributed by atoms with Crippen LogP contribution in [0.2, 0.25) is 0 Å². The van der Waals surface area contributed by atoms with Crippen molar-refractivity contribution >= 4 is 23.4 Å². The number of carboxylic acid groups (broad SMARTS) is 1. The minimum absolute atomic E-state index is 0.0689. The molecular formula is C9H13N3O4S. The summed E-state index contributed by atoms with van der Waals surface area (Å²) >= 11 is 0.916. The molecule has 8 heteroatoms. The van der Waals surface area contributed by atoms with Crippen molar-refractivity contribution in [2.45, 2.75) is 24.8 Å². The summed E-state index contributed by atoms with van der Waals surface area (Å²) in [6.07, 6.45) is 1.26. The number of carbonyl (C=O) groups is 1. The Balaban J connectivity index is 3.08. The van der Waals surface area contributed by atoms with Crippen LogP contribution in [0.15, 0.2) is 5.03 Å². The summed E-state index contributed by atoms with van der Waals surface area (Å²) in [5.74, 6) is -1.23. The average Bonchev–Trinajstić information content (AvgIpc) is 2.52. The molecule has 1 rings (SSSR count). The highest BCUT2D eigenvalue weighted by Crippen LogP contribution is 2.32. The molecule has 0 spiro atoms. The summed E-state index contributed by atoms with van der Waals surface area (Å²) in [7, 11) is 1.58. The Hall–Kier alpha value is -1.57. The number of aryl methyl sites for hydroxylation is 2. The molecule has 0 unspecified atom stereocenters. The van der Waals surface area contributed by atoms with Crippen molar-refractivity contribution < 1.29 is 14.8 Å². The van der Waals surface area contributed by atoms with Gasteiger partial charge in [-0.2, -0.15) is 5.10 Å². The van der Waals surface area contributed by atoms with Crippen LogP contribution < -0.4 is 0 Å². The molecule has 0 saturated heterocycles. The molecule has 0 radical (unpaired) electrons. The number of hydrogen-bond donors (Lipinski definition) is 1. The Morgan fingerprint density at radius 3 is 2.76 bits per heavy atom. The molecule has 94 valence electrons. The second kappa shape index (κ2) is 5.67. The Kier molecular flexibility index (Phi) is 4.50. The third-order valence-corrected chi connectivity index (χ3v) is 3.16. The topological polar surface area (TPSA) is 98.3 Å². The zero-order valence-electron chi connectivity index (χ0n) is 9.54. The summed E-state index contributed by atoms with van der Waals surface area (Å²) in [6, 6.07) is 0. The summed E-state index contributed by atoms with van der Waals surface area (Å²) in [6.45, 7) is 1.91. The normalized spacial score (nSPS) is 10.5. The van der Waals surface area contributed by atoms with Crippen molar-refractivity contribution in [3.63, 3.8) is 0 Å². The number of thioether (sulfide) groups is 1. The fourth-order valence-electron chi connectivity index (χ4n) is 1.43. The van der Waals surface area contributed by atoms with Gasteiger partial charge in [0.05, 0.1) is 10.7 Å². The van der Waals surface area contributed by atoms with Gasteiger partial charge in [-0.1, -0.05) is 25.1 Å². The van der Waals surface area contributed by atoms with E-state index >= 15 is 0 Å². The third-order valence-electron chi connectivity index (χ3n) is 2.04. The number of rotatable bonds is 6. The monoisotopic (exact) mass is 259 g/mol. The third kappa shape index (κ3) is 3.19. The molecule has 0 fully saturated rings. The Morgan fingerprint density at radius 2 is 2.29 bits per heavy atom. The van der Waals surface area contributed by atoms with Crippen LogP contribution in [-0.2, 0) is 18.3 Å². The SMILES string of the molecule is CCCc1nn(C)c(SCC(=O)O)c1[N+](=O)[O-]. The lowest BCUT2D eigenvalue weighted by Crippen LogP contribution is -2.01. The van der Waals surface area contributed by atoms with Gasteiger partial charge in [0.1, 0.15) is 5.69 Å². The van der Waals surface area contributed by atoms with Gasteiger partial charge in [-0.05, 0) is 6.42 Å². The van der Waals surface area contributed by atoms with Crippen LogP contribution >= 0.6 is 11.8 Å². The first kappa shape index (κ1) is 13.5. The lowest BCUT2D eigenvalue weighted by atomic mass is 10.2. The van der Waals surface area contributed by atoms with Gasteiger partial charge >= 0.3 is 11.7 Å². The van der Waals surface area contributed by atoms with Crippen molar-refractivity contribution in [2.75, 3.05) is 5.75 Å². The molecule has 0 aliphatic carbocycles. The van der Waals surface area contributed by atoms with Crippen LogP contribution in [0, 0.1) is 10.1 Å². The van der Waals surface area contributed by atoms with Crippen LogP contribution in [0.5, 0.6) is 0 Å². The Labute approximate surface area is 102 Å². The molecule has 0 bridgehead atoms. The summed E-state index contributed by atoms with van der Waals surface area (Å²) in [4.78, 5) is 20.9. The Bertz CT molecular complexity index is 444. The van der Waals surface area contributed by atoms with Gasteiger partial charge in [0, 0.05) is 7.05 Å². The smallest absolute Gasteiger partial charge is 0.323 e. The molecule has 1 N–H and O–H groups in total. The molecule has 1 aromatic rings. The molecule has 17 heavy (non-hydrogen) atoms. The standard InChI is InChI=1S/C9H13N3O4S/c1-3-4-6-8(12(15)16)9(11(2)10-6)17-5-7(13)14/h3-5H2,1-2H3,(H,13,14). The molecule has 0 aliphatic heterocycles. The van der Waals surface area contributed by atoms with Crippen molar-refractivity contribution in [1.29, 1.82) is 0 Å². The minimum atomic E-state index is -1.01. The van der Waals surface area contributed by atoms with Gasteiger partial charge < -0.3 is 5.11 Å². The molecule has 1 aromatic heterocycles. The van der Waals surface area contributed by atoms with Gasteiger partial charge in [-0.15, -0.1) is 0 Å². The van der Waals surface area contributed by atoms with E-state index < -0.39 is 10.9 Å². The summed E-state index contributed by atoms with van der Waals surface area (Å²) in [5.41, 5.74) is 0.341. The van der Waals surface area contributed by atoms with Crippen molar-refractivity contribution in [2.24, 2.45) is 7.05 Å². The minimum Gasteiger partial charge on any atom is -0.481 e. The van der Waals surface area contributed by atoms with Crippen LogP contribution in [0.3, 0.4) is 0 Å². The highest BCUT2D eigenvalue weighted by Gasteiger charge is 2.26. The van der Waals surface area contributed by atoms with Gasteiger partial charge in [0.25, 0.3) is 0 Å². The highest BCUT2D eigenvalue weighted by atomic mass is 32.2. The quantitative estimate of drug-likeness (QED) is 0.471. The first-order chi connectivity index (χ1) is 7.97. The molecule has 7 nitrogen and oxygen atoms in total. The van der Waals surface area contributed by atoms with E-state index in [1.807, 2.05) is 6.92 Å². The number of nitro groups is 1. The lowest BCUT2D eigenvalue weighted by molar-refractivity contribution is -0.388. The lowest BCUT2D eigenvalue weighted by Gasteiger charge is -1.98. The van der Waals surface area contributed by atoms with E-state index in [4.69, 9.17) is 5.11 Å². The molecule has 0 aliphatic rings. The van der Waals surface area contributed by atoms with Crippen LogP contribution in [0.25, 0.3) is 0 Å². The maximum absolute atomic E-state index is 11.0. The first-order valence-electron chi connectivity index (χ1n) is 5.02. The van der Waals surface area contributed by atoms with E-state index in [-0.39, 0.29) is 11.4 Å². The van der Waals surface area contributed by atoms with E-state index in [9.17, 15) is 14.9 Å². The van der Waals surface area contributed by atoms with E-state index in [0.29, 0.717) is 17.1 Å². The maximum atomic E-state index is 11.0. The van der Waals surface area contributed by atoms with Crippen LogP contribution in [0.1, 0.15) is 19.0 Å². The number of hydrogen-bond acceptors (Lipinski definition) is 5. The van der Waals surface area contributed by atoms with Gasteiger partial charge in [0.15, 0.2) is 5.03 Å². The number of aromatic nitrogens is 2. The molecule has 0 amide bonds. The number of carboxylic acids is 1. The van der Waals surface area contributed by atoms with E-state index in [0.717, 1.165) is 18.2 Å². The van der Waals surface area contributed by atoms with Gasteiger partial charge in [0.2, 0.25) is 0 Å². The summed E-state index contributed by atoms with van der Waals surface area (Å²) in [5, 5.41) is 23.9. The largest absolute Gasteiger partial charge is 0.481 e. The maximum Gasteiger partial charge on any atom is 0.323 e. The van der Waals surface area contributed by atoms with Crippen molar-refractivity contribution in [1.82, 2.24) is 9.78 Å². The Morgan fingerprint density at radius 1 is 1.65 bits per heavy atom. The van der Waals surface area contributed by atoms with Crippen molar-refractivity contribution in [3.8, 4) is 0 Å². The van der Waals surface area contributed by atoms with Gasteiger partial charge in [-0.3, -0.25) is 19.6 Å². The molecule has 0 saturated carbocycles. The van der Waals surface area contributed by atoms with E-state index in [1.165, 1.54) is 4.68 Å². The molecule has 0 atom stereocenters. The molecular weight excluding hydrogens is 246 g/mol. The second-order valence-electron chi connectivity index (χ2n) is 3.41. The van der Waals surface area contributed by atoms with Crippen molar-refractivity contribution in [3.05, 3.63) is 15.8 Å². The van der Waals surface area contributed by atoms with Crippen LogP contribution in [0.4, 0.5) is 5.69 Å². The first-order valence-corrected chi connectivity index (χ1v) is 6.00.